The van der Waals surface area contributed by atoms with Crippen molar-refractivity contribution in [3.8, 4) is 5.75 Å². The smallest absolute Gasteiger partial charge is 0.248 e. The molecule has 0 saturated heterocycles. The third kappa shape index (κ3) is 3.46. The molecule has 1 heterocycles. The zero-order chi connectivity index (χ0) is 18.0. The summed E-state index contributed by atoms with van der Waals surface area (Å²) in [6, 6.07) is 13.3. The van der Waals surface area contributed by atoms with Gasteiger partial charge in [0.1, 0.15) is 10.6 Å². The number of sulfone groups is 1. The van der Waals surface area contributed by atoms with Gasteiger partial charge in [-0.05, 0) is 35.9 Å². The minimum absolute atomic E-state index is 0.0699. The highest BCUT2D eigenvalue weighted by Gasteiger charge is 2.22. The Bertz CT molecular complexity index is 1060. The van der Waals surface area contributed by atoms with Crippen LogP contribution in [0.25, 0.3) is 10.9 Å². The zero-order valence-corrected chi connectivity index (χ0v) is 14.3. The highest BCUT2D eigenvalue weighted by molar-refractivity contribution is 7.90. The Morgan fingerprint density at radius 3 is 2.64 bits per heavy atom. The molecule has 6 nitrogen and oxygen atoms in total. The molecule has 3 aromatic rings. The van der Waals surface area contributed by atoms with Crippen LogP contribution in [0.4, 0.5) is 0 Å². The molecule has 2 N–H and O–H groups in total. The maximum Gasteiger partial charge on any atom is 0.248 e. The Morgan fingerprint density at radius 2 is 1.92 bits per heavy atom. The number of para-hydroxylation sites is 1. The van der Waals surface area contributed by atoms with E-state index in [0.717, 1.165) is 10.9 Å². The first-order valence-corrected chi connectivity index (χ1v) is 9.10. The van der Waals surface area contributed by atoms with E-state index in [2.05, 4.69) is 4.98 Å². The van der Waals surface area contributed by atoms with Crippen LogP contribution < -0.4 is 10.5 Å². The Labute approximate surface area is 145 Å². The number of nitrogens with two attached hydrogens (primary N) is 1. The second-order valence-corrected chi connectivity index (χ2v) is 7.48. The molecule has 7 heteroatoms. The normalized spacial score (nSPS) is 11.4. The van der Waals surface area contributed by atoms with Gasteiger partial charge < -0.3 is 10.5 Å². The SMILES string of the molecule is COc1ccc(C(N)=O)cc1S(=O)(=O)Cc1cnc2ccccc2c1. The van der Waals surface area contributed by atoms with E-state index in [1.807, 2.05) is 24.3 Å². The maximum absolute atomic E-state index is 12.8. The number of rotatable bonds is 5. The van der Waals surface area contributed by atoms with Crippen molar-refractivity contribution in [2.24, 2.45) is 5.73 Å². The first kappa shape index (κ1) is 16.9. The zero-order valence-electron chi connectivity index (χ0n) is 13.5. The molecule has 0 bridgehead atoms. The second kappa shape index (κ2) is 6.52. The van der Waals surface area contributed by atoms with Crippen molar-refractivity contribution < 1.29 is 17.9 Å². The second-order valence-electron chi connectivity index (χ2n) is 5.53. The van der Waals surface area contributed by atoms with E-state index in [9.17, 15) is 13.2 Å². The number of aromatic nitrogens is 1. The van der Waals surface area contributed by atoms with E-state index in [1.54, 1.807) is 6.07 Å². The summed E-state index contributed by atoms with van der Waals surface area (Å²) in [5.41, 5.74) is 6.69. The van der Waals surface area contributed by atoms with Crippen molar-refractivity contribution in [2.45, 2.75) is 10.6 Å². The lowest BCUT2D eigenvalue weighted by atomic mass is 10.2. The molecule has 25 heavy (non-hydrogen) atoms. The highest BCUT2D eigenvalue weighted by atomic mass is 32.2. The van der Waals surface area contributed by atoms with Gasteiger partial charge >= 0.3 is 0 Å². The van der Waals surface area contributed by atoms with Gasteiger partial charge in [0.15, 0.2) is 9.84 Å². The summed E-state index contributed by atoms with van der Waals surface area (Å²) in [6.45, 7) is 0. The Morgan fingerprint density at radius 1 is 1.16 bits per heavy atom. The minimum Gasteiger partial charge on any atom is -0.495 e. The van der Waals surface area contributed by atoms with E-state index < -0.39 is 15.7 Å². The Kier molecular flexibility index (Phi) is 4.41. The molecule has 3 rings (SSSR count). The van der Waals surface area contributed by atoms with Crippen LogP contribution in [0, 0.1) is 0 Å². The van der Waals surface area contributed by atoms with Crippen LogP contribution in [0.5, 0.6) is 5.75 Å². The van der Waals surface area contributed by atoms with Crippen molar-refractivity contribution in [1.29, 1.82) is 0 Å². The molecule has 0 atom stereocenters. The number of amides is 1. The van der Waals surface area contributed by atoms with Gasteiger partial charge in [-0.1, -0.05) is 18.2 Å². The molecule has 0 aliphatic heterocycles. The third-order valence-electron chi connectivity index (χ3n) is 3.79. The van der Waals surface area contributed by atoms with Crippen molar-refractivity contribution in [3.63, 3.8) is 0 Å². The number of primary amides is 1. The molecule has 0 spiro atoms. The number of hydrogen-bond donors (Lipinski definition) is 1. The lowest BCUT2D eigenvalue weighted by Crippen LogP contribution is -2.13. The number of fused-ring (bicyclic) bond motifs is 1. The molecule has 0 aliphatic carbocycles. The van der Waals surface area contributed by atoms with E-state index in [-0.39, 0.29) is 22.0 Å². The number of carbonyl (C=O) groups excluding carboxylic acids is 1. The molecular weight excluding hydrogens is 340 g/mol. The van der Waals surface area contributed by atoms with Gasteiger partial charge in [0.2, 0.25) is 5.91 Å². The molecule has 2 aromatic carbocycles. The van der Waals surface area contributed by atoms with E-state index in [4.69, 9.17) is 10.5 Å². The Balaban J connectivity index is 2.03. The fourth-order valence-corrected chi connectivity index (χ4v) is 4.08. The van der Waals surface area contributed by atoms with Crippen LogP contribution in [0.2, 0.25) is 0 Å². The first-order valence-electron chi connectivity index (χ1n) is 7.45. The number of ether oxygens (including phenoxy) is 1. The summed E-state index contributed by atoms with van der Waals surface area (Å²) in [6.07, 6.45) is 1.53. The summed E-state index contributed by atoms with van der Waals surface area (Å²) in [5, 5.41) is 0.855. The lowest BCUT2D eigenvalue weighted by molar-refractivity contribution is 0.1000. The monoisotopic (exact) mass is 356 g/mol. The predicted molar refractivity (Wildman–Crippen MR) is 94.1 cm³/mol. The van der Waals surface area contributed by atoms with Crippen LogP contribution in [-0.2, 0) is 15.6 Å². The van der Waals surface area contributed by atoms with Crippen LogP contribution in [0.1, 0.15) is 15.9 Å². The number of carbonyl (C=O) groups is 1. The summed E-state index contributed by atoms with van der Waals surface area (Å²) < 4.78 is 30.8. The maximum atomic E-state index is 12.8. The predicted octanol–water partition coefficient (Wildman–Crippen LogP) is 2.32. The lowest BCUT2D eigenvalue weighted by Gasteiger charge is -2.11. The quantitative estimate of drug-likeness (QED) is 0.756. The van der Waals surface area contributed by atoms with Gasteiger partial charge in [-0.25, -0.2) is 8.42 Å². The highest BCUT2D eigenvalue weighted by Crippen LogP contribution is 2.28. The standard InChI is InChI=1S/C18H16N2O4S/c1-24-16-7-6-14(18(19)21)9-17(16)25(22,23)11-12-8-13-4-2-3-5-15(13)20-10-12/h2-10H,11H2,1H3,(H2,19,21). The molecule has 1 amide bonds. The van der Waals surface area contributed by atoms with Crippen molar-refractivity contribution in [3.05, 3.63) is 65.9 Å². The number of methoxy groups -OCH3 is 1. The molecule has 1 aromatic heterocycles. The molecule has 0 fully saturated rings. The number of pyridine rings is 1. The van der Waals surface area contributed by atoms with Crippen LogP contribution >= 0.6 is 0 Å². The third-order valence-corrected chi connectivity index (χ3v) is 5.49. The summed E-state index contributed by atoms with van der Waals surface area (Å²) in [5.74, 6) is -0.797. The first-order chi connectivity index (χ1) is 11.9. The molecule has 0 aliphatic rings. The molecule has 128 valence electrons. The fourth-order valence-electron chi connectivity index (χ4n) is 2.57. The molecule has 0 radical (unpaired) electrons. The van der Waals surface area contributed by atoms with Crippen molar-refractivity contribution >= 4 is 26.6 Å². The summed E-state index contributed by atoms with van der Waals surface area (Å²) >= 11 is 0. The number of hydrogen-bond acceptors (Lipinski definition) is 5. The topological polar surface area (TPSA) is 99.4 Å². The molecule has 0 unspecified atom stereocenters. The van der Waals surface area contributed by atoms with Gasteiger partial charge in [-0.2, -0.15) is 0 Å². The van der Waals surface area contributed by atoms with Crippen molar-refractivity contribution in [1.82, 2.24) is 4.98 Å². The number of benzene rings is 2. The Hall–Kier alpha value is -2.93. The van der Waals surface area contributed by atoms with E-state index >= 15 is 0 Å². The van der Waals surface area contributed by atoms with E-state index in [1.165, 1.54) is 31.5 Å². The van der Waals surface area contributed by atoms with Crippen LogP contribution in [0.3, 0.4) is 0 Å². The van der Waals surface area contributed by atoms with Crippen LogP contribution in [0.15, 0.2) is 59.6 Å². The summed E-state index contributed by atoms with van der Waals surface area (Å²) in [4.78, 5) is 15.6. The largest absolute Gasteiger partial charge is 0.495 e. The molecule has 0 saturated carbocycles. The van der Waals surface area contributed by atoms with Gasteiger partial charge in [-0.3, -0.25) is 9.78 Å². The minimum atomic E-state index is -3.75. The van der Waals surface area contributed by atoms with E-state index in [0.29, 0.717) is 5.56 Å². The average molecular weight is 356 g/mol. The summed E-state index contributed by atoms with van der Waals surface area (Å²) in [7, 11) is -2.38. The average Bonchev–Trinajstić information content (AvgIpc) is 2.60. The van der Waals surface area contributed by atoms with Gasteiger partial charge in [0, 0.05) is 17.1 Å². The van der Waals surface area contributed by atoms with Crippen LogP contribution in [-0.4, -0.2) is 26.4 Å². The van der Waals surface area contributed by atoms with Gasteiger partial charge in [-0.15, -0.1) is 0 Å². The number of nitrogens with zero attached hydrogens (tertiary/aromatic N) is 1. The van der Waals surface area contributed by atoms with Gasteiger partial charge in [0.05, 0.1) is 18.4 Å². The molecular formula is C18H16N2O4S. The van der Waals surface area contributed by atoms with Crippen molar-refractivity contribution in [2.75, 3.05) is 7.11 Å². The van der Waals surface area contributed by atoms with Gasteiger partial charge in [0.25, 0.3) is 0 Å². The fraction of sp³-hybridized carbons (Fsp3) is 0.111.